The smallest absolute Gasteiger partial charge is 0.307 e. The second kappa shape index (κ2) is 12.6. The number of carbonyl (C=O) groups excluding carboxylic acids is 2. The zero-order chi connectivity index (χ0) is 28.1. The molecule has 0 saturated carbocycles. The molecule has 2 fully saturated rings. The van der Waals surface area contributed by atoms with Crippen LogP contribution in [0.4, 0.5) is 21.6 Å². The summed E-state index contributed by atoms with van der Waals surface area (Å²) in [6.07, 6.45) is 3.87. The molecule has 10 nitrogen and oxygen atoms in total. The summed E-state index contributed by atoms with van der Waals surface area (Å²) in [7, 11) is 0. The quantitative estimate of drug-likeness (QED) is 0.213. The number of benzene rings is 2. The van der Waals surface area contributed by atoms with Crippen LogP contribution in [0.2, 0.25) is 5.02 Å². The number of cyclic esters (lactones) is 1. The van der Waals surface area contributed by atoms with Crippen LogP contribution in [-0.4, -0.2) is 83.6 Å². The molecule has 1 amide bonds. The molecule has 12 heteroatoms. The largest absolute Gasteiger partial charge is 0.491 e. The van der Waals surface area contributed by atoms with Gasteiger partial charge in [0.15, 0.2) is 0 Å². The van der Waals surface area contributed by atoms with Gasteiger partial charge in [-0.25, -0.2) is 14.4 Å². The lowest BCUT2D eigenvalue weighted by atomic mass is 10.1. The molecular weight excluding hydrogens is 539 g/mol. The molecule has 40 heavy (non-hydrogen) atoms. The van der Waals surface area contributed by atoms with Gasteiger partial charge in [-0.15, -0.1) is 0 Å². The van der Waals surface area contributed by atoms with Crippen LogP contribution in [0.25, 0.3) is 10.9 Å². The van der Waals surface area contributed by atoms with E-state index in [0.29, 0.717) is 53.5 Å². The Balaban J connectivity index is 1.23. The van der Waals surface area contributed by atoms with E-state index in [-0.39, 0.29) is 22.9 Å². The number of ether oxygens (including phenoxy) is 2. The summed E-state index contributed by atoms with van der Waals surface area (Å²) in [5, 5.41) is 6.54. The molecule has 0 spiro atoms. The monoisotopic (exact) mass is 568 g/mol. The van der Waals surface area contributed by atoms with Crippen LogP contribution < -0.4 is 15.4 Å². The molecule has 1 unspecified atom stereocenters. The summed E-state index contributed by atoms with van der Waals surface area (Å²) >= 11 is 5.92. The molecule has 2 N–H and O–H groups in total. The first-order valence-electron chi connectivity index (χ1n) is 13.1. The van der Waals surface area contributed by atoms with Crippen LogP contribution in [0.15, 0.2) is 49.3 Å². The van der Waals surface area contributed by atoms with Crippen molar-refractivity contribution in [2.45, 2.75) is 18.9 Å². The van der Waals surface area contributed by atoms with E-state index in [9.17, 15) is 14.0 Å². The minimum Gasteiger partial charge on any atom is -0.491 e. The van der Waals surface area contributed by atoms with Gasteiger partial charge in [-0.2, -0.15) is 0 Å². The molecule has 0 radical (unpaired) electrons. The van der Waals surface area contributed by atoms with E-state index < -0.39 is 5.82 Å². The number of nitrogens with one attached hydrogen (secondary N) is 2. The molecule has 210 valence electrons. The number of aromatic nitrogens is 2. The number of amides is 1. The lowest BCUT2D eigenvalue weighted by Gasteiger charge is -2.37. The first kappa shape index (κ1) is 27.8. The zero-order valence-electron chi connectivity index (χ0n) is 21.9. The maximum atomic E-state index is 13.6. The number of nitrogens with zero attached hydrogens (tertiary/aromatic N) is 4. The van der Waals surface area contributed by atoms with E-state index in [1.54, 1.807) is 18.2 Å². The summed E-state index contributed by atoms with van der Waals surface area (Å²) in [5.41, 5.74) is 1.60. The fourth-order valence-corrected chi connectivity index (χ4v) is 5.03. The molecule has 0 aliphatic carbocycles. The average molecular weight is 569 g/mol. The number of piperazine rings is 1. The fourth-order valence-electron chi connectivity index (χ4n) is 4.85. The molecule has 3 heterocycles. The van der Waals surface area contributed by atoms with Crippen LogP contribution in [0.5, 0.6) is 5.75 Å². The predicted octanol–water partition coefficient (Wildman–Crippen LogP) is 3.99. The zero-order valence-corrected chi connectivity index (χ0v) is 22.6. The number of anilines is 3. The van der Waals surface area contributed by atoms with Gasteiger partial charge in [-0.1, -0.05) is 18.2 Å². The lowest BCUT2D eigenvalue weighted by molar-refractivity contribution is -0.137. The van der Waals surface area contributed by atoms with Gasteiger partial charge in [0.1, 0.15) is 30.3 Å². The van der Waals surface area contributed by atoms with Crippen LogP contribution in [0, 0.1) is 5.82 Å². The van der Waals surface area contributed by atoms with E-state index in [1.165, 1.54) is 24.5 Å². The molecule has 2 aliphatic heterocycles. The maximum absolute atomic E-state index is 13.6. The normalized spacial score (nSPS) is 17.9. The summed E-state index contributed by atoms with van der Waals surface area (Å²) in [4.78, 5) is 37.0. The number of rotatable bonds is 10. The Morgan fingerprint density at radius 3 is 2.77 bits per heavy atom. The highest BCUT2D eigenvalue weighted by Crippen LogP contribution is 2.34. The average Bonchev–Trinajstić information content (AvgIpc) is 3.40. The third kappa shape index (κ3) is 6.67. The Labute approximate surface area is 236 Å². The second-order valence-corrected chi connectivity index (χ2v) is 10.1. The molecule has 3 aromatic rings. The van der Waals surface area contributed by atoms with Crippen molar-refractivity contribution in [3.63, 3.8) is 0 Å². The van der Waals surface area contributed by atoms with Crippen LogP contribution in [0.1, 0.15) is 12.8 Å². The van der Waals surface area contributed by atoms with Crippen molar-refractivity contribution in [1.82, 2.24) is 19.8 Å². The van der Waals surface area contributed by atoms with Gasteiger partial charge in [0.25, 0.3) is 0 Å². The molecule has 5 rings (SSSR count). The highest BCUT2D eigenvalue weighted by Gasteiger charge is 2.31. The van der Waals surface area contributed by atoms with Gasteiger partial charge in [0.05, 0.1) is 35.3 Å². The fraction of sp³-hybridized carbons (Fsp3) is 0.357. The van der Waals surface area contributed by atoms with E-state index in [4.69, 9.17) is 21.1 Å². The molecule has 1 atom stereocenters. The van der Waals surface area contributed by atoms with Crippen LogP contribution >= 0.6 is 11.6 Å². The topological polar surface area (TPSA) is 109 Å². The number of hydrogen-bond acceptors (Lipinski definition) is 9. The third-order valence-corrected chi connectivity index (χ3v) is 7.29. The first-order valence-corrected chi connectivity index (χ1v) is 13.5. The number of fused-ring (bicyclic) bond motifs is 1. The summed E-state index contributed by atoms with van der Waals surface area (Å²) in [6, 6.07) is 7.97. The minimum atomic E-state index is -0.518. The third-order valence-electron chi connectivity index (χ3n) is 7.00. The summed E-state index contributed by atoms with van der Waals surface area (Å²) < 4.78 is 24.8. The second-order valence-electron chi connectivity index (χ2n) is 9.66. The summed E-state index contributed by atoms with van der Waals surface area (Å²) in [5.74, 6) is -0.0734. The van der Waals surface area contributed by atoms with Crippen molar-refractivity contribution in [2.24, 2.45) is 0 Å². The molecule has 2 aliphatic rings. The minimum absolute atomic E-state index is 0.0141. The van der Waals surface area contributed by atoms with Gasteiger partial charge in [0, 0.05) is 49.9 Å². The Morgan fingerprint density at radius 2 is 2.05 bits per heavy atom. The summed E-state index contributed by atoms with van der Waals surface area (Å²) in [6.45, 7) is 9.00. The number of carbonyl (C=O) groups is 2. The van der Waals surface area contributed by atoms with E-state index in [0.717, 1.165) is 39.1 Å². The predicted molar refractivity (Wildman–Crippen MR) is 151 cm³/mol. The number of esters is 1. The van der Waals surface area contributed by atoms with Crippen molar-refractivity contribution >= 4 is 51.6 Å². The molecular formula is C28H30ClFN6O4. The van der Waals surface area contributed by atoms with Gasteiger partial charge < -0.3 is 25.0 Å². The van der Waals surface area contributed by atoms with Crippen molar-refractivity contribution in [3.8, 4) is 5.75 Å². The molecule has 1 aromatic heterocycles. The number of hydrogen-bond donors (Lipinski definition) is 2. The van der Waals surface area contributed by atoms with Crippen molar-refractivity contribution < 1.29 is 23.5 Å². The van der Waals surface area contributed by atoms with Crippen molar-refractivity contribution in [3.05, 3.63) is 60.2 Å². The highest BCUT2D eigenvalue weighted by atomic mass is 35.5. The Kier molecular flexibility index (Phi) is 8.73. The standard InChI is InChI=1S/C28H30ClFN6O4/c1-2-26(37)34-24-14-20-23(31-17-32-28(20)33-18-4-5-22(30)21(29)12-18)15-25(24)39-11-3-6-35-7-9-36(10-8-35)19-13-27(38)40-16-19/h2,4-5,12,14-15,17,19H,1,3,6-11,13,16H2,(H,34,37)(H,31,32,33). The van der Waals surface area contributed by atoms with Crippen LogP contribution in [-0.2, 0) is 14.3 Å². The highest BCUT2D eigenvalue weighted by molar-refractivity contribution is 6.31. The van der Waals surface area contributed by atoms with Crippen molar-refractivity contribution in [1.29, 1.82) is 0 Å². The van der Waals surface area contributed by atoms with Gasteiger partial charge in [0.2, 0.25) is 5.91 Å². The Hall–Kier alpha value is -3.80. The van der Waals surface area contributed by atoms with Crippen molar-refractivity contribution in [2.75, 3.05) is 56.6 Å². The van der Waals surface area contributed by atoms with Crippen LogP contribution in [0.3, 0.4) is 0 Å². The van der Waals surface area contributed by atoms with E-state index in [2.05, 4.69) is 37.0 Å². The van der Waals surface area contributed by atoms with Gasteiger partial charge in [-0.05, 0) is 36.8 Å². The Morgan fingerprint density at radius 1 is 1.23 bits per heavy atom. The molecule has 2 aromatic carbocycles. The SMILES string of the molecule is C=CC(=O)Nc1cc2c(Nc3ccc(F)c(Cl)c3)ncnc2cc1OCCCN1CCN(C2COC(=O)C2)CC1. The molecule has 0 bridgehead atoms. The Bertz CT molecular complexity index is 1420. The maximum Gasteiger partial charge on any atom is 0.307 e. The number of halogens is 2. The van der Waals surface area contributed by atoms with E-state index in [1.807, 2.05) is 0 Å². The van der Waals surface area contributed by atoms with Gasteiger partial charge in [-0.3, -0.25) is 14.5 Å². The first-order chi connectivity index (χ1) is 19.4. The molecule has 2 saturated heterocycles. The van der Waals surface area contributed by atoms with Gasteiger partial charge >= 0.3 is 5.97 Å². The van der Waals surface area contributed by atoms with E-state index >= 15 is 0 Å². The lowest BCUT2D eigenvalue weighted by Crippen LogP contribution is -2.50.